The van der Waals surface area contributed by atoms with Crippen LogP contribution in [-0.4, -0.2) is 33.6 Å². The number of nitrogens with zero attached hydrogens (tertiary/aromatic N) is 7. The summed E-state index contributed by atoms with van der Waals surface area (Å²) in [5.41, 5.74) is 20.4. The van der Waals surface area contributed by atoms with Gasteiger partial charge in [0.1, 0.15) is 17.5 Å². The first-order chi connectivity index (χ1) is 66.7. The maximum atomic E-state index is 16.2. The van der Waals surface area contributed by atoms with Gasteiger partial charge in [-0.25, -0.2) is 15.0 Å². The second-order valence-corrected chi connectivity index (χ2v) is 42.7. The zero-order valence-electron chi connectivity index (χ0n) is 72.7. The van der Waals surface area contributed by atoms with Crippen molar-refractivity contribution in [2.24, 2.45) is 0 Å². The summed E-state index contributed by atoms with van der Waals surface area (Å²) >= 11 is 0. The fourth-order valence-corrected chi connectivity index (χ4v) is 31.2. The van der Waals surface area contributed by atoms with Crippen molar-refractivity contribution in [2.75, 3.05) is 0 Å². The van der Waals surface area contributed by atoms with Gasteiger partial charge in [0, 0.05) is 65.5 Å². The topological polar surface area (TPSA) is 118 Å². The van der Waals surface area contributed by atoms with Crippen molar-refractivity contribution in [3.05, 3.63) is 473 Å². The van der Waals surface area contributed by atoms with Gasteiger partial charge in [0.15, 0.2) is 21.4 Å². The molecule has 634 valence electrons. The van der Waals surface area contributed by atoms with Crippen LogP contribution in [-0.2, 0) is 13.7 Å². The smallest absolute Gasteiger partial charge is 0.175 e. The molecule has 13 heteroatoms. The highest BCUT2D eigenvalue weighted by Crippen LogP contribution is 2.58. The maximum Gasteiger partial charge on any atom is 0.175 e. The minimum atomic E-state index is -3.37. The summed E-state index contributed by atoms with van der Waals surface area (Å²) in [5.74, 6) is 2.54. The highest BCUT2D eigenvalue weighted by atomic mass is 31.2. The molecule has 7 heterocycles. The van der Waals surface area contributed by atoms with Crippen molar-refractivity contribution >= 4 is 167 Å². The largest absolute Gasteiger partial charge is 0.308 e. The molecule has 25 aromatic rings. The van der Waals surface area contributed by atoms with E-state index in [-0.39, 0.29) is 0 Å². The van der Waals surface area contributed by atoms with Gasteiger partial charge in [0.2, 0.25) is 0 Å². The fraction of sp³-hybridized carbons (Fsp3) is 0. The summed E-state index contributed by atoms with van der Waals surface area (Å²) in [6.45, 7) is 0. The Bertz CT molecular complexity index is 9010. The van der Waals surface area contributed by atoms with E-state index >= 15 is 13.7 Å². The molecule has 21 aromatic carbocycles. The zero-order chi connectivity index (χ0) is 89.6. The Morgan fingerprint density at radius 1 is 0.200 bits per heavy atom. The van der Waals surface area contributed by atoms with Crippen LogP contribution in [0.1, 0.15) is 0 Å². The summed E-state index contributed by atoms with van der Waals surface area (Å²) in [7, 11) is -10.0. The fourth-order valence-electron chi connectivity index (χ4n) is 21.5. The van der Waals surface area contributed by atoms with Crippen LogP contribution in [0.3, 0.4) is 0 Å². The third-order valence-electron chi connectivity index (χ3n) is 27.4. The van der Waals surface area contributed by atoms with E-state index in [0.717, 1.165) is 203 Å². The predicted molar refractivity (Wildman–Crippen MR) is 563 cm³/mol. The van der Waals surface area contributed by atoms with Gasteiger partial charge in [-0.1, -0.05) is 388 Å². The summed E-state index contributed by atoms with van der Waals surface area (Å²) in [6, 6.07) is 160. The van der Waals surface area contributed by atoms with Crippen molar-refractivity contribution in [3.8, 4) is 95.7 Å². The Morgan fingerprint density at radius 2 is 0.489 bits per heavy atom. The van der Waals surface area contributed by atoms with Crippen molar-refractivity contribution < 1.29 is 13.7 Å². The number of hydrogen-bond acceptors (Lipinski definition) is 7. The molecule has 0 amide bonds. The Kier molecular flexibility index (Phi) is 18.6. The Morgan fingerprint density at radius 3 is 0.889 bits per heavy atom. The second kappa shape index (κ2) is 31.6. The number of hydrogen-bond donors (Lipinski definition) is 0. The van der Waals surface area contributed by atoms with E-state index in [1.807, 2.05) is 212 Å². The minimum Gasteiger partial charge on any atom is -0.308 e. The lowest BCUT2D eigenvalue weighted by molar-refractivity contribution is 0.591. The van der Waals surface area contributed by atoms with Crippen LogP contribution in [0.25, 0.3) is 194 Å². The van der Waals surface area contributed by atoms with Crippen LogP contribution < -0.4 is 47.7 Å². The molecule has 3 aliphatic heterocycles. The number of para-hydroxylation sites is 3. The lowest BCUT2D eigenvalue weighted by Gasteiger charge is -2.31. The quantitative estimate of drug-likeness (QED) is 0.0988. The highest BCUT2D eigenvalue weighted by molar-refractivity contribution is 7.87. The monoisotopic (exact) mass is 1780 g/mol. The summed E-state index contributed by atoms with van der Waals surface area (Å²) < 4.78 is 55.1. The molecule has 0 aliphatic carbocycles. The minimum absolute atomic E-state index is 0.813. The predicted octanol–water partition coefficient (Wildman–Crippen LogP) is 26.9. The van der Waals surface area contributed by atoms with Gasteiger partial charge < -0.3 is 13.7 Å². The molecule has 10 nitrogen and oxygen atoms in total. The van der Waals surface area contributed by atoms with Crippen LogP contribution in [0.5, 0.6) is 0 Å². The molecule has 28 rings (SSSR count). The third kappa shape index (κ3) is 12.2. The van der Waals surface area contributed by atoms with E-state index in [2.05, 4.69) is 275 Å². The van der Waals surface area contributed by atoms with Crippen molar-refractivity contribution in [2.45, 2.75) is 0 Å². The SMILES string of the molecule is O=P1(c2ccccc2)c2c(-c3cc4ccccc4c4ccccc34)cccc2-n2c(-c3ccccc3)nc3cccc1c32.O=P1(c2ccccc2)c2c(-c3cc4ccccc4c4ncccc34)cccc2-n2c(-c3ccccc3)nc3cccc1c32.O=P1(c2ccccc2)c2c(-c3ccc(-c4cc5ccccc5c5ccccc45)cc3)cccc2-n2c(-c3ccccc3)nc3cccc1c32. The Labute approximate surface area is 777 Å². The number of aromatic nitrogens is 7. The summed E-state index contributed by atoms with van der Waals surface area (Å²) in [4.78, 5) is 20.3. The first-order valence-corrected chi connectivity index (χ1v) is 50.6. The molecule has 0 N–H and O–H groups in total. The molecule has 0 bridgehead atoms. The summed E-state index contributed by atoms with van der Waals surface area (Å²) in [5, 5.41) is 20.4. The Balaban J connectivity index is 0.000000106. The van der Waals surface area contributed by atoms with Crippen molar-refractivity contribution in [1.29, 1.82) is 0 Å². The zero-order valence-corrected chi connectivity index (χ0v) is 75.4. The molecule has 0 fully saturated rings. The number of rotatable bonds is 10. The number of benzene rings is 21. The molecule has 3 aliphatic rings. The average molecular weight is 1780 g/mol. The first-order valence-electron chi connectivity index (χ1n) is 45.5. The van der Waals surface area contributed by atoms with E-state index in [4.69, 9.17) is 19.9 Å². The maximum absolute atomic E-state index is 16.2. The standard InChI is InChI=1S/C45H29N2OP.C39H25N2OP.C38H24N3OP/c48-49(34-16-5-2-6-17-34)42-24-12-22-40-43(42)47(45(46-40)32-13-3-1-4-14-32)41-23-11-21-36(44(41)49)30-25-27-31(28-26-30)39-29-33-15-7-8-18-35(33)37-19-9-10-20-38(37)39;42-43(28-16-5-2-6-17-28)36-24-12-22-34-37(36)41(39(40-34)26-13-3-1-4-14-26)35-23-11-21-32(38(35)43)33-25-27-15-7-8-18-29(27)30-19-9-10-20-31(30)33;42-43(27-15-5-2-6-16-27)34-22-10-20-32-36(34)41(38(40-32)25-12-3-1-4-13-25)33-21-9-18-30(37(33)43)31-24-26-14-7-8-17-28(26)35-29(31)19-11-23-39-35/h1-29H;1-25H;1-24H. The van der Waals surface area contributed by atoms with E-state index in [9.17, 15) is 0 Å². The van der Waals surface area contributed by atoms with E-state index in [1.165, 1.54) is 37.9 Å². The van der Waals surface area contributed by atoms with Gasteiger partial charge in [-0.15, -0.1) is 0 Å². The van der Waals surface area contributed by atoms with Gasteiger partial charge in [-0.3, -0.25) is 18.7 Å². The van der Waals surface area contributed by atoms with Crippen molar-refractivity contribution in [1.82, 2.24) is 33.6 Å². The summed E-state index contributed by atoms with van der Waals surface area (Å²) in [6.07, 6.45) is 1.85. The van der Waals surface area contributed by atoms with Gasteiger partial charge >= 0.3 is 0 Å². The van der Waals surface area contributed by atoms with E-state index in [0.29, 0.717) is 0 Å². The lowest BCUT2D eigenvalue weighted by Crippen LogP contribution is -2.34. The third-order valence-corrected chi connectivity index (χ3v) is 36.9. The molecule has 135 heavy (non-hydrogen) atoms. The average Bonchev–Trinajstić information content (AvgIpc) is 1.63. The van der Waals surface area contributed by atoms with E-state index in [1.54, 1.807) is 0 Å². The molecule has 0 spiro atoms. The van der Waals surface area contributed by atoms with Crippen LogP contribution >= 0.6 is 21.4 Å². The number of imidazole rings is 3. The molecule has 0 saturated heterocycles. The molecule has 0 saturated carbocycles. The molecule has 0 radical (unpaired) electrons. The van der Waals surface area contributed by atoms with Crippen LogP contribution in [0.2, 0.25) is 0 Å². The molecule has 4 aromatic heterocycles. The number of pyridine rings is 1. The van der Waals surface area contributed by atoms with Gasteiger partial charge in [-0.05, 0) is 172 Å². The lowest BCUT2D eigenvalue weighted by atomic mass is 9.92. The molecule has 3 atom stereocenters. The molecule has 3 unspecified atom stereocenters. The van der Waals surface area contributed by atoms with Gasteiger partial charge in [0.25, 0.3) is 0 Å². The van der Waals surface area contributed by atoms with Crippen LogP contribution in [0.4, 0.5) is 0 Å². The van der Waals surface area contributed by atoms with E-state index < -0.39 is 21.4 Å². The first kappa shape index (κ1) is 79.4. The normalized spacial score (nSPS) is 15.4. The van der Waals surface area contributed by atoms with Gasteiger partial charge in [0.05, 0.1) is 71.6 Å². The Hall–Kier alpha value is -16.6. The van der Waals surface area contributed by atoms with Gasteiger partial charge in [-0.2, -0.15) is 0 Å². The molecular weight excluding hydrogens is 1700 g/mol. The van der Waals surface area contributed by atoms with Crippen LogP contribution in [0.15, 0.2) is 473 Å². The molecular formula is C122H78N7O3P3. The van der Waals surface area contributed by atoms with Crippen LogP contribution in [0, 0.1) is 0 Å². The van der Waals surface area contributed by atoms with Crippen molar-refractivity contribution in [3.63, 3.8) is 0 Å². The second-order valence-electron chi connectivity index (χ2n) is 34.7. The number of fused-ring (bicyclic) bond motifs is 15. The highest BCUT2D eigenvalue weighted by Gasteiger charge is 2.46.